The molecule has 0 saturated heterocycles. The van der Waals surface area contributed by atoms with Crippen LogP contribution in [0.3, 0.4) is 0 Å². The molecular weight excluding hydrogens is 565 g/mol. The summed E-state index contributed by atoms with van der Waals surface area (Å²) < 4.78 is 2.65. The predicted octanol–water partition coefficient (Wildman–Crippen LogP) is 11.8. The van der Waals surface area contributed by atoms with Gasteiger partial charge in [-0.2, -0.15) is 0 Å². The molecule has 2 aromatic heterocycles. The van der Waals surface area contributed by atoms with Crippen LogP contribution in [-0.4, -0.2) is 9.97 Å². The van der Waals surface area contributed by atoms with Crippen LogP contribution >= 0.6 is 11.3 Å². The van der Waals surface area contributed by atoms with Gasteiger partial charge < -0.3 is 0 Å². The van der Waals surface area contributed by atoms with Crippen LogP contribution in [-0.2, 0) is 0 Å². The molecule has 0 saturated carbocycles. The van der Waals surface area contributed by atoms with Crippen LogP contribution in [0.4, 0.5) is 0 Å². The highest BCUT2D eigenvalue weighted by atomic mass is 32.1. The Morgan fingerprint density at radius 2 is 0.978 bits per heavy atom. The molecule has 0 N–H and O–H groups in total. The SMILES string of the molecule is c1ccc(-c2nc(-c3ccc(-c4ccc5sc6ccccc6c5c4)cc3)cc(-c3cc4ccccc4c4ccccc34)n2)cc1. The highest BCUT2D eigenvalue weighted by Crippen LogP contribution is 2.38. The highest BCUT2D eigenvalue weighted by Gasteiger charge is 2.15. The van der Waals surface area contributed by atoms with Gasteiger partial charge in [-0.05, 0) is 63.0 Å². The fraction of sp³-hybridized carbons (Fsp3) is 0. The molecule has 2 heterocycles. The van der Waals surface area contributed by atoms with Crippen LogP contribution in [0.15, 0.2) is 158 Å². The van der Waals surface area contributed by atoms with E-state index < -0.39 is 0 Å². The third-order valence-corrected chi connectivity index (χ3v) is 9.84. The molecule has 0 amide bonds. The normalized spacial score (nSPS) is 11.6. The van der Waals surface area contributed by atoms with E-state index in [4.69, 9.17) is 9.97 Å². The minimum absolute atomic E-state index is 0.721. The quantitative estimate of drug-likeness (QED) is 0.191. The molecule has 9 rings (SSSR count). The smallest absolute Gasteiger partial charge is 0.160 e. The molecule has 3 heteroatoms. The largest absolute Gasteiger partial charge is 0.228 e. The van der Waals surface area contributed by atoms with Crippen molar-refractivity contribution in [2.45, 2.75) is 0 Å². The lowest BCUT2D eigenvalue weighted by Crippen LogP contribution is -1.96. The van der Waals surface area contributed by atoms with Crippen LogP contribution in [0.2, 0.25) is 0 Å². The van der Waals surface area contributed by atoms with Gasteiger partial charge >= 0.3 is 0 Å². The van der Waals surface area contributed by atoms with Crippen LogP contribution in [0.25, 0.3) is 86.7 Å². The summed E-state index contributed by atoms with van der Waals surface area (Å²) in [5, 5.41) is 7.50. The zero-order valence-corrected chi connectivity index (χ0v) is 25.1. The second-order valence-electron chi connectivity index (χ2n) is 11.4. The Labute approximate surface area is 264 Å². The van der Waals surface area contributed by atoms with Crippen molar-refractivity contribution in [3.63, 3.8) is 0 Å². The second-order valence-corrected chi connectivity index (χ2v) is 12.5. The lowest BCUT2D eigenvalue weighted by molar-refractivity contribution is 1.19. The van der Waals surface area contributed by atoms with E-state index >= 15 is 0 Å². The van der Waals surface area contributed by atoms with Gasteiger partial charge in [-0.3, -0.25) is 0 Å². The zero-order chi connectivity index (χ0) is 29.7. The lowest BCUT2D eigenvalue weighted by Gasteiger charge is -2.13. The van der Waals surface area contributed by atoms with Crippen LogP contribution in [0, 0.1) is 0 Å². The van der Waals surface area contributed by atoms with Gasteiger partial charge in [-0.25, -0.2) is 9.97 Å². The molecule has 210 valence electrons. The summed E-state index contributed by atoms with van der Waals surface area (Å²) in [7, 11) is 0. The van der Waals surface area contributed by atoms with Gasteiger partial charge in [0.25, 0.3) is 0 Å². The van der Waals surface area contributed by atoms with Crippen molar-refractivity contribution < 1.29 is 0 Å². The van der Waals surface area contributed by atoms with Crippen molar-refractivity contribution >= 4 is 53.1 Å². The fourth-order valence-electron chi connectivity index (χ4n) is 6.45. The van der Waals surface area contributed by atoms with Crippen molar-refractivity contribution in [3.8, 4) is 45.0 Å². The highest BCUT2D eigenvalue weighted by molar-refractivity contribution is 7.25. The van der Waals surface area contributed by atoms with Gasteiger partial charge in [0.2, 0.25) is 0 Å². The second kappa shape index (κ2) is 10.5. The average molecular weight is 591 g/mol. The van der Waals surface area contributed by atoms with Crippen molar-refractivity contribution in [2.75, 3.05) is 0 Å². The van der Waals surface area contributed by atoms with Crippen molar-refractivity contribution in [2.24, 2.45) is 0 Å². The standard InChI is InChI=1S/C42H26N2S/c1-2-10-29(11-3-1)42-43-38(26-39(44-42)36-25-31-12-4-5-13-32(31)33-14-6-7-15-34(33)36)28-20-18-27(19-21-28)30-22-23-41-37(24-30)35-16-8-9-17-40(35)45-41/h1-26H. The fourth-order valence-corrected chi connectivity index (χ4v) is 7.54. The Hall–Kier alpha value is -5.64. The first-order valence-corrected chi connectivity index (χ1v) is 16.0. The van der Waals surface area contributed by atoms with Gasteiger partial charge in [0, 0.05) is 36.9 Å². The molecule has 45 heavy (non-hydrogen) atoms. The summed E-state index contributed by atoms with van der Waals surface area (Å²) in [4.78, 5) is 10.3. The van der Waals surface area contributed by atoms with E-state index in [0.717, 1.165) is 33.9 Å². The van der Waals surface area contributed by atoms with E-state index in [1.165, 1.54) is 52.8 Å². The summed E-state index contributed by atoms with van der Waals surface area (Å²) in [6.45, 7) is 0. The zero-order valence-electron chi connectivity index (χ0n) is 24.3. The molecule has 0 radical (unpaired) electrons. The first-order chi connectivity index (χ1) is 22.3. The summed E-state index contributed by atoms with van der Waals surface area (Å²) in [5.41, 5.74) is 7.40. The maximum Gasteiger partial charge on any atom is 0.160 e. The summed E-state index contributed by atoms with van der Waals surface area (Å²) >= 11 is 1.85. The molecule has 0 aliphatic carbocycles. The topological polar surface area (TPSA) is 25.8 Å². The average Bonchev–Trinajstić information content (AvgIpc) is 3.49. The molecule has 2 nitrogen and oxygen atoms in total. The Morgan fingerprint density at radius 1 is 0.356 bits per heavy atom. The third kappa shape index (κ3) is 4.48. The maximum absolute atomic E-state index is 5.16. The first kappa shape index (κ1) is 25.8. The number of nitrogens with zero attached hydrogens (tertiary/aromatic N) is 2. The van der Waals surface area contributed by atoms with Crippen molar-refractivity contribution in [3.05, 3.63) is 158 Å². The van der Waals surface area contributed by atoms with Gasteiger partial charge in [0.1, 0.15) is 0 Å². The number of thiophene rings is 1. The molecule has 0 unspecified atom stereocenters. The van der Waals surface area contributed by atoms with E-state index in [9.17, 15) is 0 Å². The van der Waals surface area contributed by atoms with Crippen molar-refractivity contribution in [1.82, 2.24) is 9.97 Å². The number of hydrogen-bond acceptors (Lipinski definition) is 3. The molecule has 0 fully saturated rings. The van der Waals surface area contributed by atoms with Gasteiger partial charge in [0.05, 0.1) is 11.4 Å². The van der Waals surface area contributed by atoms with E-state index in [0.29, 0.717) is 0 Å². The molecule has 9 aromatic rings. The van der Waals surface area contributed by atoms with E-state index in [1.807, 2.05) is 29.5 Å². The van der Waals surface area contributed by atoms with Gasteiger partial charge in [0.15, 0.2) is 5.82 Å². The van der Waals surface area contributed by atoms with E-state index in [2.05, 4.69) is 140 Å². The molecule has 0 aliphatic rings. The predicted molar refractivity (Wildman–Crippen MR) is 192 cm³/mol. The van der Waals surface area contributed by atoms with E-state index in [-0.39, 0.29) is 0 Å². The van der Waals surface area contributed by atoms with Crippen LogP contribution in [0.1, 0.15) is 0 Å². The monoisotopic (exact) mass is 590 g/mol. The Kier molecular flexibility index (Phi) is 6.03. The van der Waals surface area contributed by atoms with Crippen LogP contribution < -0.4 is 0 Å². The molecule has 0 spiro atoms. The molecule has 0 aliphatic heterocycles. The first-order valence-electron chi connectivity index (χ1n) is 15.2. The van der Waals surface area contributed by atoms with E-state index in [1.54, 1.807) is 0 Å². The van der Waals surface area contributed by atoms with Crippen molar-refractivity contribution in [1.29, 1.82) is 0 Å². The number of benzene rings is 7. The molecule has 0 atom stereocenters. The van der Waals surface area contributed by atoms with Gasteiger partial charge in [-0.15, -0.1) is 11.3 Å². The summed E-state index contributed by atoms with van der Waals surface area (Å²) in [6.07, 6.45) is 0. The Balaban J connectivity index is 1.19. The minimum atomic E-state index is 0.721. The molecule has 0 bridgehead atoms. The Bertz CT molecular complexity index is 2530. The number of rotatable bonds is 4. The van der Waals surface area contributed by atoms with Gasteiger partial charge in [-0.1, -0.05) is 127 Å². The maximum atomic E-state index is 5.16. The third-order valence-electron chi connectivity index (χ3n) is 8.69. The summed E-state index contributed by atoms with van der Waals surface area (Å²) in [6, 6.07) is 56.1. The number of aromatic nitrogens is 2. The summed E-state index contributed by atoms with van der Waals surface area (Å²) in [5.74, 6) is 0.721. The molecule has 7 aromatic carbocycles. The lowest BCUT2D eigenvalue weighted by atomic mass is 9.95. The molecular formula is C42H26N2S. The number of hydrogen-bond donors (Lipinski definition) is 0. The number of fused-ring (bicyclic) bond motifs is 6. The Morgan fingerprint density at radius 3 is 1.82 bits per heavy atom. The minimum Gasteiger partial charge on any atom is -0.228 e. The van der Waals surface area contributed by atoms with Crippen LogP contribution in [0.5, 0.6) is 0 Å².